The van der Waals surface area contributed by atoms with Crippen molar-refractivity contribution in [2.24, 2.45) is 0 Å². The molecule has 0 fully saturated rings. The first-order chi connectivity index (χ1) is 14.5. The normalized spacial score (nSPS) is 13.0. The number of aromatic nitrogens is 2. The van der Waals surface area contributed by atoms with E-state index < -0.39 is 0 Å². The summed E-state index contributed by atoms with van der Waals surface area (Å²) in [5.41, 5.74) is 5.69. The zero-order valence-electron chi connectivity index (χ0n) is 17.2. The van der Waals surface area contributed by atoms with Crippen LogP contribution in [0.1, 0.15) is 41.0 Å². The number of carbonyl (C=O) groups excluding carboxylic acids is 1. The minimum atomic E-state index is -0.214. The minimum absolute atomic E-state index is 0.0194. The summed E-state index contributed by atoms with van der Waals surface area (Å²) in [6, 6.07) is 12.1. The van der Waals surface area contributed by atoms with Crippen molar-refractivity contribution in [3.63, 3.8) is 0 Å². The van der Waals surface area contributed by atoms with Gasteiger partial charge >= 0.3 is 0 Å². The van der Waals surface area contributed by atoms with Gasteiger partial charge in [-0.05, 0) is 86.6 Å². The van der Waals surface area contributed by atoms with Crippen molar-refractivity contribution in [1.29, 1.82) is 0 Å². The Morgan fingerprint density at radius 2 is 1.97 bits per heavy atom. The van der Waals surface area contributed by atoms with Crippen LogP contribution in [0, 0.1) is 18.7 Å². The maximum Gasteiger partial charge on any atom is 0.287 e. The fraction of sp³-hybridized carbons (Fsp3) is 0.348. The van der Waals surface area contributed by atoms with E-state index in [0.717, 1.165) is 35.4 Å². The average Bonchev–Trinajstić information content (AvgIpc) is 3.07. The van der Waals surface area contributed by atoms with Crippen LogP contribution in [-0.4, -0.2) is 15.7 Å². The molecule has 0 atom stereocenters. The summed E-state index contributed by atoms with van der Waals surface area (Å²) in [6.07, 6.45) is 4.71. The Balaban J connectivity index is 1.37. The van der Waals surface area contributed by atoms with Crippen molar-refractivity contribution in [2.45, 2.75) is 52.7 Å². The molecule has 30 heavy (non-hydrogen) atoms. The third-order valence-corrected chi connectivity index (χ3v) is 5.57. The Labute approximate surface area is 180 Å². The van der Waals surface area contributed by atoms with E-state index in [9.17, 15) is 4.79 Å². The second-order valence-electron chi connectivity index (χ2n) is 7.71. The number of fused-ring (bicyclic) bond motifs is 1. The monoisotopic (exact) mass is 423 g/mol. The molecule has 0 unspecified atom stereocenters. The number of amides is 1. The van der Waals surface area contributed by atoms with Crippen molar-refractivity contribution >= 4 is 23.8 Å². The summed E-state index contributed by atoms with van der Waals surface area (Å²) in [7, 11) is 0. The van der Waals surface area contributed by atoms with Crippen LogP contribution in [-0.2, 0) is 30.8 Å². The maximum atomic E-state index is 12.4. The van der Waals surface area contributed by atoms with Gasteiger partial charge in [-0.1, -0.05) is 23.8 Å². The molecule has 1 aromatic heterocycles. The number of benzene rings is 2. The number of aryl methyl sites for hydroxylation is 4. The van der Waals surface area contributed by atoms with E-state index in [1.54, 1.807) is 0 Å². The fourth-order valence-electron chi connectivity index (χ4n) is 3.73. The summed E-state index contributed by atoms with van der Waals surface area (Å²) in [5.74, 6) is 0.921. The number of rotatable bonds is 6. The van der Waals surface area contributed by atoms with E-state index in [2.05, 4.69) is 22.5 Å². The van der Waals surface area contributed by atoms with Crippen LogP contribution in [0.4, 0.5) is 5.69 Å². The van der Waals surface area contributed by atoms with E-state index in [1.807, 2.05) is 38.1 Å². The van der Waals surface area contributed by atoms with Crippen LogP contribution in [0.5, 0.6) is 5.75 Å². The highest BCUT2D eigenvalue weighted by Gasteiger charge is 2.13. The number of ether oxygens (including phenoxy) is 1. The number of hydrogen-bond acceptors (Lipinski definition) is 5. The van der Waals surface area contributed by atoms with Gasteiger partial charge in [-0.25, -0.2) is 4.68 Å². The number of hydrogen-bond donors (Lipinski definition) is 1. The fourth-order valence-corrected chi connectivity index (χ4v) is 3.93. The lowest BCUT2D eigenvalue weighted by Crippen LogP contribution is -2.20. The molecule has 0 saturated heterocycles. The van der Waals surface area contributed by atoms with Gasteiger partial charge in [0, 0.05) is 5.69 Å². The maximum absolute atomic E-state index is 12.4. The second kappa shape index (κ2) is 8.83. The third-order valence-electron chi connectivity index (χ3n) is 5.28. The van der Waals surface area contributed by atoms with Crippen LogP contribution < -0.4 is 10.1 Å². The zero-order chi connectivity index (χ0) is 21.1. The lowest BCUT2D eigenvalue weighted by molar-refractivity contribution is -0.117. The molecule has 4 rings (SSSR count). The quantitative estimate of drug-likeness (QED) is 0.570. The molecule has 156 valence electrons. The third kappa shape index (κ3) is 4.79. The molecule has 1 N–H and O–H groups in total. The Morgan fingerprint density at radius 1 is 1.17 bits per heavy atom. The van der Waals surface area contributed by atoms with Crippen molar-refractivity contribution in [2.75, 3.05) is 5.32 Å². The predicted molar refractivity (Wildman–Crippen MR) is 117 cm³/mol. The van der Waals surface area contributed by atoms with Gasteiger partial charge in [-0.15, -0.1) is 5.10 Å². The summed E-state index contributed by atoms with van der Waals surface area (Å²) in [6.45, 7) is 4.12. The smallest absolute Gasteiger partial charge is 0.287 e. The molecular formula is C23H25N3O3S. The minimum Gasteiger partial charge on any atom is -0.484 e. The van der Waals surface area contributed by atoms with Gasteiger partial charge in [-0.2, -0.15) is 0 Å². The molecule has 0 radical (unpaired) electrons. The van der Waals surface area contributed by atoms with Crippen LogP contribution in [0.25, 0.3) is 0 Å². The van der Waals surface area contributed by atoms with Gasteiger partial charge in [0.15, 0.2) is 6.61 Å². The van der Waals surface area contributed by atoms with E-state index in [4.69, 9.17) is 21.4 Å². The molecule has 2 aromatic carbocycles. The van der Waals surface area contributed by atoms with Crippen molar-refractivity contribution in [3.05, 3.63) is 69.4 Å². The number of nitrogens with zero attached hydrogens (tertiary/aromatic N) is 2. The average molecular weight is 424 g/mol. The largest absolute Gasteiger partial charge is 0.484 e. The second-order valence-corrected chi connectivity index (χ2v) is 8.06. The van der Waals surface area contributed by atoms with Crippen molar-refractivity contribution in [1.82, 2.24) is 9.78 Å². The first-order valence-corrected chi connectivity index (χ1v) is 10.6. The first-order valence-electron chi connectivity index (χ1n) is 10.2. The van der Waals surface area contributed by atoms with Crippen molar-refractivity contribution < 1.29 is 13.9 Å². The van der Waals surface area contributed by atoms with Crippen LogP contribution in [0.15, 0.2) is 40.8 Å². The molecule has 1 amide bonds. The highest BCUT2D eigenvalue weighted by molar-refractivity contribution is 7.71. The molecular weight excluding hydrogens is 398 g/mol. The van der Waals surface area contributed by atoms with Gasteiger partial charge in [-0.3, -0.25) is 4.79 Å². The molecule has 1 aliphatic rings. The van der Waals surface area contributed by atoms with Crippen LogP contribution >= 0.6 is 12.2 Å². The van der Waals surface area contributed by atoms with Gasteiger partial charge in [0.05, 0.1) is 0 Å². The van der Waals surface area contributed by atoms with Gasteiger partial charge in [0.1, 0.15) is 12.3 Å². The molecule has 0 bridgehead atoms. The van der Waals surface area contributed by atoms with E-state index in [-0.39, 0.29) is 23.9 Å². The van der Waals surface area contributed by atoms with E-state index in [0.29, 0.717) is 5.89 Å². The summed E-state index contributed by atoms with van der Waals surface area (Å²) >= 11 is 5.21. The van der Waals surface area contributed by atoms with Gasteiger partial charge < -0.3 is 14.5 Å². The van der Waals surface area contributed by atoms with Gasteiger partial charge in [0.2, 0.25) is 5.91 Å². The molecule has 0 saturated carbocycles. The number of nitrogens with one attached hydrogen (secondary N) is 1. The summed E-state index contributed by atoms with van der Waals surface area (Å²) in [5, 5.41) is 7.18. The van der Waals surface area contributed by atoms with Crippen molar-refractivity contribution in [3.8, 4) is 5.75 Å². The Morgan fingerprint density at radius 3 is 2.77 bits per heavy atom. The summed E-state index contributed by atoms with van der Waals surface area (Å²) < 4.78 is 12.7. The van der Waals surface area contributed by atoms with Crippen LogP contribution in [0.2, 0.25) is 0 Å². The van der Waals surface area contributed by atoms with E-state index >= 15 is 0 Å². The first kappa shape index (κ1) is 20.3. The number of anilines is 1. The lowest BCUT2D eigenvalue weighted by atomic mass is 9.92. The van der Waals surface area contributed by atoms with Gasteiger partial charge in [0.25, 0.3) is 10.7 Å². The molecule has 7 heteroatoms. The molecule has 3 aromatic rings. The highest BCUT2D eigenvalue weighted by atomic mass is 32.1. The summed E-state index contributed by atoms with van der Waals surface area (Å²) in [4.78, 5) is 12.6. The molecule has 0 aliphatic heterocycles. The highest BCUT2D eigenvalue weighted by Crippen LogP contribution is 2.25. The predicted octanol–water partition coefficient (Wildman–Crippen LogP) is 4.92. The number of carbonyl (C=O) groups is 1. The molecule has 1 heterocycles. The molecule has 6 nitrogen and oxygen atoms in total. The zero-order valence-corrected chi connectivity index (χ0v) is 18.1. The Bertz CT molecular complexity index is 1130. The molecule has 0 spiro atoms. The lowest BCUT2D eigenvalue weighted by Gasteiger charge is -2.16. The standard InChI is InChI=1S/C23H25N3O3S/c1-15-7-10-20(16(2)11-15)24-21(27)13-26-23(30)29-22(25-26)14-28-19-9-8-17-5-3-4-6-18(17)12-19/h7-12H,3-6,13-14H2,1-2H3,(H,24,27). The SMILES string of the molecule is Cc1ccc(NC(=O)Cn2nc(COc3ccc4c(c3)CCCC4)oc2=S)c(C)c1. The topological polar surface area (TPSA) is 69.3 Å². The van der Waals surface area contributed by atoms with Crippen LogP contribution in [0.3, 0.4) is 0 Å². The Hall–Kier alpha value is -2.93. The Kier molecular flexibility index (Phi) is 5.99. The van der Waals surface area contributed by atoms with E-state index in [1.165, 1.54) is 28.7 Å². The molecule has 1 aliphatic carbocycles.